The molecule has 1 aliphatic carbocycles. The van der Waals surface area contributed by atoms with Crippen molar-refractivity contribution in [1.29, 1.82) is 0 Å². The fourth-order valence-corrected chi connectivity index (χ4v) is 6.39. The van der Waals surface area contributed by atoms with E-state index >= 15 is 0 Å². The second-order valence-electron chi connectivity index (χ2n) is 10.6. The third kappa shape index (κ3) is 6.24. The van der Waals surface area contributed by atoms with Gasteiger partial charge in [-0.1, -0.05) is 80.4 Å². The zero-order valence-electron chi connectivity index (χ0n) is 22.0. The Hall–Kier alpha value is -2.94. The van der Waals surface area contributed by atoms with Gasteiger partial charge >= 0.3 is 0 Å². The van der Waals surface area contributed by atoms with Gasteiger partial charge in [-0.25, -0.2) is 4.39 Å². The lowest BCUT2D eigenvalue weighted by atomic mass is 9.68. The van der Waals surface area contributed by atoms with Crippen molar-refractivity contribution in [3.8, 4) is 0 Å². The number of nitrogens with one attached hydrogen (secondary N) is 1. The van der Waals surface area contributed by atoms with Crippen molar-refractivity contribution in [2.45, 2.75) is 71.6 Å². The molecule has 0 spiro atoms. The summed E-state index contributed by atoms with van der Waals surface area (Å²) in [5, 5.41) is 3.32. The molecule has 0 saturated heterocycles. The van der Waals surface area contributed by atoms with E-state index in [0.29, 0.717) is 17.8 Å². The molecule has 0 bridgehead atoms. The van der Waals surface area contributed by atoms with Crippen molar-refractivity contribution in [2.24, 2.45) is 17.8 Å². The largest absolute Gasteiger partial charge is 0.325 e. The van der Waals surface area contributed by atoms with Crippen LogP contribution in [0.3, 0.4) is 0 Å². The van der Waals surface area contributed by atoms with Crippen molar-refractivity contribution < 1.29 is 9.18 Å². The zero-order chi connectivity index (χ0) is 25.5. The van der Waals surface area contributed by atoms with Crippen LogP contribution in [0, 0.1) is 37.4 Å². The molecule has 1 saturated carbocycles. The van der Waals surface area contributed by atoms with E-state index in [9.17, 15) is 9.18 Å². The highest BCUT2D eigenvalue weighted by Crippen LogP contribution is 2.46. The molecule has 3 aromatic rings. The van der Waals surface area contributed by atoms with Gasteiger partial charge in [-0.15, -0.1) is 0 Å². The monoisotopic (exact) mass is 485 g/mol. The van der Waals surface area contributed by atoms with Crippen LogP contribution >= 0.6 is 0 Å². The molecule has 3 aromatic carbocycles. The van der Waals surface area contributed by atoms with Gasteiger partial charge < -0.3 is 5.32 Å². The number of benzene rings is 3. The summed E-state index contributed by atoms with van der Waals surface area (Å²) in [5.74, 6) is 1.07. The number of amides is 1. The molecule has 0 heterocycles. The first kappa shape index (κ1) is 26.1. The molecule has 4 unspecified atom stereocenters. The lowest BCUT2D eigenvalue weighted by Crippen LogP contribution is -2.35. The number of carbonyl (C=O) groups excluding carboxylic acids is 1. The van der Waals surface area contributed by atoms with Gasteiger partial charge in [-0.05, 0) is 98.1 Å². The average Bonchev–Trinajstić information content (AvgIpc) is 3.09. The molecule has 1 fully saturated rings. The number of rotatable bonds is 8. The van der Waals surface area contributed by atoms with Crippen molar-refractivity contribution in [3.05, 3.63) is 101 Å². The van der Waals surface area contributed by atoms with Crippen molar-refractivity contribution in [2.75, 3.05) is 5.32 Å². The van der Waals surface area contributed by atoms with E-state index in [-0.39, 0.29) is 17.6 Å². The van der Waals surface area contributed by atoms with Crippen LogP contribution in [0.1, 0.15) is 73.6 Å². The number of hydrogen-bond donors (Lipinski definition) is 1. The quantitative estimate of drug-likeness (QED) is 0.318. The Morgan fingerprint density at radius 2 is 1.58 bits per heavy atom. The first-order chi connectivity index (χ1) is 17.5. The Morgan fingerprint density at radius 1 is 0.917 bits per heavy atom. The number of halogens is 1. The SMILES string of the molecule is CCC(C(=O)Nc1c(C)cccc1C)C1CCCCC(c2ccccc2)C1CCc1ccc(F)cc1. The first-order valence-corrected chi connectivity index (χ1v) is 13.6. The summed E-state index contributed by atoms with van der Waals surface area (Å²) >= 11 is 0. The molecule has 2 nitrogen and oxygen atoms in total. The maximum atomic E-state index is 13.8. The highest BCUT2D eigenvalue weighted by Gasteiger charge is 2.39. The molecule has 36 heavy (non-hydrogen) atoms. The standard InChI is InChI=1S/C33H40FNO/c1-4-28(33(36)35-32-23(2)11-10-12-24(32)3)30-16-9-8-15-29(26-13-6-5-7-14-26)31(30)22-19-25-17-20-27(34)21-18-25/h5-7,10-14,17-18,20-21,28-31H,4,8-9,15-16,19,22H2,1-3H3,(H,35,36). The van der Waals surface area contributed by atoms with Gasteiger partial charge in [0.1, 0.15) is 5.82 Å². The Bertz CT molecular complexity index is 1100. The molecule has 4 rings (SSSR count). The fraction of sp³-hybridized carbons (Fsp3) is 0.424. The van der Waals surface area contributed by atoms with Gasteiger partial charge in [0.05, 0.1) is 0 Å². The third-order valence-corrected chi connectivity index (χ3v) is 8.30. The molecule has 3 heteroatoms. The Kier molecular flexibility index (Phi) is 8.96. The van der Waals surface area contributed by atoms with Gasteiger partial charge in [-0.3, -0.25) is 4.79 Å². The predicted molar refractivity (Wildman–Crippen MR) is 148 cm³/mol. The second-order valence-corrected chi connectivity index (χ2v) is 10.6. The predicted octanol–water partition coefficient (Wildman–Crippen LogP) is 8.63. The van der Waals surface area contributed by atoms with Gasteiger partial charge in [0.25, 0.3) is 0 Å². The van der Waals surface area contributed by atoms with Gasteiger partial charge in [-0.2, -0.15) is 0 Å². The summed E-state index contributed by atoms with van der Waals surface area (Å²) < 4.78 is 13.5. The topological polar surface area (TPSA) is 29.1 Å². The van der Waals surface area contributed by atoms with Crippen LogP contribution in [0.5, 0.6) is 0 Å². The average molecular weight is 486 g/mol. The van der Waals surface area contributed by atoms with Gasteiger partial charge in [0.15, 0.2) is 0 Å². The molecule has 4 atom stereocenters. The normalized spacial score (nSPS) is 20.9. The van der Waals surface area contributed by atoms with Crippen molar-refractivity contribution in [3.63, 3.8) is 0 Å². The molecule has 0 aliphatic heterocycles. The minimum atomic E-state index is -0.192. The molecular formula is C33H40FNO. The van der Waals surface area contributed by atoms with Crippen LogP contribution < -0.4 is 5.32 Å². The van der Waals surface area contributed by atoms with Crippen LogP contribution in [0.15, 0.2) is 72.8 Å². The Balaban J connectivity index is 1.64. The number of carbonyl (C=O) groups is 1. The Labute approximate surface area is 216 Å². The number of para-hydroxylation sites is 1. The molecule has 0 radical (unpaired) electrons. The highest BCUT2D eigenvalue weighted by molar-refractivity contribution is 5.94. The maximum Gasteiger partial charge on any atom is 0.227 e. The lowest BCUT2D eigenvalue weighted by molar-refractivity contribution is -0.122. The number of aryl methyl sites for hydroxylation is 3. The van der Waals surface area contributed by atoms with Crippen LogP contribution in [0.4, 0.5) is 10.1 Å². The first-order valence-electron chi connectivity index (χ1n) is 13.6. The summed E-state index contributed by atoms with van der Waals surface area (Å²) in [4.78, 5) is 13.8. The van der Waals surface area contributed by atoms with Crippen LogP contribution in [0.2, 0.25) is 0 Å². The maximum absolute atomic E-state index is 13.8. The smallest absolute Gasteiger partial charge is 0.227 e. The van der Waals surface area contributed by atoms with Crippen molar-refractivity contribution >= 4 is 11.6 Å². The van der Waals surface area contributed by atoms with E-state index in [4.69, 9.17) is 0 Å². The summed E-state index contributed by atoms with van der Waals surface area (Å²) in [5.41, 5.74) is 5.72. The minimum absolute atomic E-state index is 0.0356. The summed E-state index contributed by atoms with van der Waals surface area (Å²) in [6, 6.07) is 24.0. The summed E-state index contributed by atoms with van der Waals surface area (Å²) in [6.45, 7) is 6.28. The summed E-state index contributed by atoms with van der Waals surface area (Å²) in [6.07, 6.45) is 7.32. The van der Waals surface area contributed by atoms with Gasteiger partial charge in [0, 0.05) is 11.6 Å². The molecule has 0 aromatic heterocycles. The Morgan fingerprint density at radius 3 is 2.25 bits per heavy atom. The van der Waals surface area contributed by atoms with Crippen LogP contribution in [-0.4, -0.2) is 5.91 Å². The molecule has 1 aliphatic rings. The fourth-order valence-electron chi connectivity index (χ4n) is 6.39. The van der Waals surface area contributed by atoms with Crippen molar-refractivity contribution in [1.82, 2.24) is 0 Å². The van der Waals surface area contributed by atoms with E-state index in [1.807, 2.05) is 18.2 Å². The van der Waals surface area contributed by atoms with Gasteiger partial charge in [0.2, 0.25) is 5.91 Å². The zero-order valence-corrected chi connectivity index (χ0v) is 22.0. The molecule has 1 N–H and O–H groups in total. The lowest BCUT2D eigenvalue weighted by Gasteiger charge is -2.36. The number of hydrogen-bond acceptors (Lipinski definition) is 1. The minimum Gasteiger partial charge on any atom is -0.325 e. The number of anilines is 1. The van der Waals surface area contributed by atoms with Crippen LogP contribution in [-0.2, 0) is 11.2 Å². The van der Waals surface area contributed by atoms with E-state index < -0.39 is 0 Å². The van der Waals surface area contributed by atoms with Crippen LogP contribution in [0.25, 0.3) is 0 Å². The molecule has 1 amide bonds. The summed E-state index contributed by atoms with van der Waals surface area (Å²) in [7, 11) is 0. The van der Waals surface area contributed by atoms with E-state index in [2.05, 4.69) is 68.6 Å². The third-order valence-electron chi connectivity index (χ3n) is 8.30. The highest BCUT2D eigenvalue weighted by atomic mass is 19.1. The second kappa shape index (κ2) is 12.3. The molecule has 190 valence electrons. The van der Waals surface area contributed by atoms with E-state index in [1.165, 1.54) is 17.5 Å². The molecular weight excluding hydrogens is 445 g/mol. The van der Waals surface area contributed by atoms with E-state index in [0.717, 1.165) is 55.3 Å². The van der Waals surface area contributed by atoms with E-state index in [1.54, 1.807) is 12.1 Å².